The molecule has 8 nitrogen and oxygen atoms in total. The first-order valence-corrected chi connectivity index (χ1v) is 11.4. The Balaban J connectivity index is 1.30. The second kappa shape index (κ2) is 10.7. The summed E-state index contributed by atoms with van der Waals surface area (Å²) >= 11 is 0. The Morgan fingerprint density at radius 2 is 1.78 bits per heavy atom. The monoisotopic (exact) mass is 432 g/mol. The second-order valence-electron chi connectivity index (χ2n) is 7.88. The zero-order chi connectivity index (χ0) is 22.2. The molecule has 0 bridgehead atoms. The first-order chi connectivity index (χ1) is 15.7. The van der Waals surface area contributed by atoms with Crippen molar-refractivity contribution in [1.82, 2.24) is 30.0 Å². The number of para-hydroxylation sites is 1. The molecule has 2 aromatic heterocycles. The smallest absolute Gasteiger partial charge is 0.225 e. The summed E-state index contributed by atoms with van der Waals surface area (Å²) in [5.74, 6) is 1.80. The Kier molecular flexibility index (Phi) is 7.32. The summed E-state index contributed by atoms with van der Waals surface area (Å²) in [5, 5.41) is 8.13. The predicted octanol–water partition coefficient (Wildman–Crippen LogP) is 2.69. The van der Waals surface area contributed by atoms with Gasteiger partial charge in [0, 0.05) is 57.9 Å². The van der Waals surface area contributed by atoms with Crippen LogP contribution in [0.1, 0.15) is 24.6 Å². The summed E-state index contributed by atoms with van der Waals surface area (Å²) in [4.78, 5) is 18.2. The van der Waals surface area contributed by atoms with E-state index in [1.54, 1.807) is 12.4 Å². The zero-order valence-corrected chi connectivity index (χ0v) is 19.0. The highest BCUT2D eigenvalue weighted by atomic mass is 15.4. The number of aromatic nitrogens is 4. The maximum absolute atomic E-state index is 4.90. The molecule has 0 unspecified atom stereocenters. The van der Waals surface area contributed by atoms with Crippen molar-refractivity contribution in [3.8, 4) is 5.69 Å². The largest absolute Gasteiger partial charge is 0.357 e. The minimum absolute atomic E-state index is 0.792. The lowest BCUT2D eigenvalue weighted by Crippen LogP contribution is -2.53. The van der Waals surface area contributed by atoms with Gasteiger partial charge in [-0.25, -0.2) is 14.6 Å². The van der Waals surface area contributed by atoms with Crippen molar-refractivity contribution in [1.29, 1.82) is 0 Å². The van der Waals surface area contributed by atoms with E-state index < -0.39 is 0 Å². The lowest BCUT2D eigenvalue weighted by molar-refractivity contribution is 0.370. The molecule has 0 atom stereocenters. The third-order valence-electron chi connectivity index (χ3n) is 5.64. The van der Waals surface area contributed by atoms with Gasteiger partial charge in [0.2, 0.25) is 5.95 Å². The van der Waals surface area contributed by atoms with E-state index in [-0.39, 0.29) is 0 Å². The highest BCUT2D eigenvalue weighted by Gasteiger charge is 2.21. The lowest BCUT2D eigenvalue weighted by atomic mass is 10.1. The number of nitrogens with zero attached hydrogens (tertiary/aromatic N) is 7. The molecule has 0 aliphatic carbocycles. The van der Waals surface area contributed by atoms with Gasteiger partial charge in [0.25, 0.3) is 0 Å². The fraction of sp³-hybridized carbons (Fsp3) is 0.417. The van der Waals surface area contributed by atoms with Crippen LogP contribution in [0, 0.1) is 6.92 Å². The van der Waals surface area contributed by atoms with Crippen LogP contribution < -0.4 is 10.2 Å². The number of rotatable bonds is 7. The van der Waals surface area contributed by atoms with E-state index in [0.717, 1.165) is 75.4 Å². The van der Waals surface area contributed by atoms with E-state index in [1.807, 2.05) is 28.9 Å². The second-order valence-corrected chi connectivity index (χ2v) is 7.88. The van der Waals surface area contributed by atoms with Gasteiger partial charge in [-0.2, -0.15) is 5.10 Å². The average Bonchev–Trinajstić information content (AvgIpc) is 3.23. The Hall–Kier alpha value is -3.42. The first kappa shape index (κ1) is 21.8. The summed E-state index contributed by atoms with van der Waals surface area (Å²) in [6.45, 7) is 9.46. The Labute approximate surface area is 190 Å². The van der Waals surface area contributed by atoms with Gasteiger partial charge < -0.3 is 15.1 Å². The molecule has 0 radical (unpaired) electrons. The minimum Gasteiger partial charge on any atom is -0.357 e. The van der Waals surface area contributed by atoms with Crippen LogP contribution in [0.25, 0.3) is 5.69 Å². The minimum atomic E-state index is 0.792. The molecule has 0 spiro atoms. The molecule has 1 N–H and O–H groups in total. The van der Waals surface area contributed by atoms with Gasteiger partial charge in [-0.05, 0) is 50.5 Å². The van der Waals surface area contributed by atoms with Gasteiger partial charge in [-0.15, -0.1) is 0 Å². The van der Waals surface area contributed by atoms with Crippen LogP contribution in [-0.4, -0.2) is 69.9 Å². The number of piperazine rings is 1. The quantitative estimate of drug-likeness (QED) is 0.352. The Morgan fingerprint density at radius 1 is 1.03 bits per heavy atom. The summed E-state index contributed by atoms with van der Waals surface area (Å²) in [6, 6.07) is 12.1. The van der Waals surface area contributed by atoms with Gasteiger partial charge in [0.05, 0.1) is 11.4 Å². The van der Waals surface area contributed by atoms with Crippen molar-refractivity contribution in [3.05, 3.63) is 66.2 Å². The van der Waals surface area contributed by atoms with Gasteiger partial charge in [-0.3, -0.25) is 4.99 Å². The maximum Gasteiger partial charge on any atom is 0.225 e. The summed E-state index contributed by atoms with van der Waals surface area (Å²) in [7, 11) is 0. The molecule has 0 amide bonds. The van der Waals surface area contributed by atoms with E-state index in [9.17, 15) is 0 Å². The van der Waals surface area contributed by atoms with Crippen molar-refractivity contribution in [2.24, 2.45) is 4.99 Å². The molecule has 168 valence electrons. The normalized spacial score (nSPS) is 14.6. The fourth-order valence-electron chi connectivity index (χ4n) is 3.91. The third-order valence-corrected chi connectivity index (χ3v) is 5.64. The molecule has 1 aromatic carbocycles. The number of aliphatic imine (C=N–C) groups is 1. The topological polar surface area (TPSA) is 74.5 Å². The zero-order valence-electron chi connectivity index (χ0n) is 19.0. The molecule has 32 heavy (non-hydrogen) atoms. The standard InChI is InChI=1S/C24H32N8/c1-3-25-23(30-15-17-31(18-16-30)24-27-13-8-14-28-24)26-12-7-9-21-19-32(29-20(21)2)22-10-5-4-6-11-22/h4-6,8,10-11,13-14,19H,3,7,9,12,15-18H2,1-2H3,(H,25,26). The summed E-state index contributed by atoms with van der Waals surface area (Å²) in [6.07, 6.45) is 7.70. The van der Waals surface area contributed by atoms with Crippen molar-refractivity contribution in [2.45, 2.75) is 26.7 Å². The lowest BCUT2D eigenvalue weighted by Gasteiger charge is -2.36. The number of aryl methyl sites for hydroxylation is 2. The van der Waals surface area contributed by atoms with E-state index >= 15 is 0 Å². The third kappa shape index (κ3) is 5.43. The maximum atomic E-state index is 4.90. The van der Waals surface area contributed by atoms with Gasteiger partial charge in [0.15, 0.2) is 5.96 Å². The number of hydrogen-bond donors (Lipinski definition) is 1. The number of benzene rings is 1. The molecular formula is C24H32N8. The van der Waals surface area contributed by atoms with Crippen molar-refractivity contribution >= 4 is 11.9 Å². The van der Waals surface area contributed by atoms with Crippen molar-refractivity contribution in [2.75, 3.05) is 44.2 Å². The Morgan fingerprint density at radius 3 is 2.50 bits per heavy atom. The van der Waals surface area contributed by atoms with E-state index in [0.29, 0.717) is 0 Å². The molecule has 8 heteroatoms. The molecule has 4 rings (SSSR count). The van der Waals surface area contributed by atoms with Crippen molar-refractivity contribution < 1.29 is 0 Å². The van der Waals surface area contributed by atoms with Gasteiger partial charge >= 0.3 is 0 Å². The van der Waals surface area contributed by atoms with Crippen LogP contribution in [0.15, 0.2) is 60.0 Å². The molecule has 0 saturated carbocycles. The van der Waals surface area contributed by atoms with Crippen LogP contribution >= 0.6 is 0 Å². The molecule has 1 aliphatic heterocycles. The van der Waals surface area contributed by atoms with Gasteiger partial charge in [-0.1, -0.05) is 18.2 Å². The van der Waals surface area contributed by atoms with Crippen LogP contribution in [0.5, 0.6) is 0 Å². The van der Waals surface area contributed by atoms with Crippen LogP contribution in [0.4, 0.5) is 5.95 Å². The highest BCUT2D eigenvalue weighted by molar-refractivity contribution is 5.80. The number of guanidine groups is 1. The van der Waals surface area contributed by atoms with Gasteiger partial charge in [0.1, 0.15) is 0 Å². The SMILES string of the molecule is CCNC(=NCCCc1cn(-c2ccccc2)nc1C)N1CCN(c2ncccn2)CC1. The van der Waals surface area contributed by atoms with E-state index in [1.165, 1.54) is 5.56 Å². The van der Waals surface area contributed by atoms with E-state index in [4.69, 9.17) is 4.99 Å². The summed E-state index contributed by atoms with van der Waals surface area (Å²) in [5.41, 5.74) is 3.46. The molecule has 3 heterocycles. The molecule has 1 saturated heterocycles. The number of nitrogens with one attached hydrogen (secondary N) is 1. The molecule has 3 aromatic rings. The van der Waals surface area contributed by atoms with Crippen LogP contribution in [0.3, 0.4) is 0 Å². The molecule has 1 fully saturated rings. The Bertz CT molecular complexity index is 991. The molecular weight excluding hydrogens is 400 g/mol. The first-order valence-electron chi connectivity index (χ1n) is 11.4. The van der Waals surface area contributed by atoms with Crippen molar-refractivity contribution in [3.63, 3.8) is 0 Å². The fourth-order valence-corrected chi connectivity index (χ4v) is 3.91. The number of anilines is 1. The predicted molar refractivity (Wildman–Crippen MR) is 128 cm³/mol. The van der Waals surface area contributed by atoms with Crippen LogP contribution in [-0.2, 0) is 6.42 Å². The van der Waals surface area contributed by atoms with Crippen LogP contribution in [0.2, 0.25) is 0 Å². The molecule has 1 aliphatic rings. The van der Waals surface area contributed by atoms with E-state index in [2.05, 4.69) is 62.4 Å². The number of hydrogen-bond acceptors (Lipinski definition) is 5. The average molecular weight is 433 g/mol. The summed E-state index contributed by atoms with van der Waals surface area (Å²) < 4.78 is 1.97. The highest BCUT2D eigenvalue weighted by Crippen LogP contribution is 2.14.